The van der Waals surface area contributed by atoms with E-state index in [4.69, 9.17) is 0 Å². The first-order chi connectivity index (χ1) is 11.0. The molecule has 23 heavy (non-hydrogen) atoms. The van der Waals surface area contributed by atoms with Crippen LogP contribution in [-0.4, -0.2) is 22.9 Å². The van der Waals surface area contributed by atoms with Crippen LogP contribution in [0.2, 0.25) is 0 Å². The standard InChI is InChI=1S/C17H23N3O3/c1-11-4-2-3-5-14(11)19-17(21)12-6-9-15(18-13-7-8-13)16(10-12)20(22)23/h6,9-11,13-14,18H,2-5,7-8H2,1H3,(H,19,21)/t11-,14-/m1/s1. The van der Waals surface area contributed by atoms with Gasteiger partial charge in [0.15, 0.2) is 0 Å². The van der Waals surface area contributed by atoms with E-state index in [1.54, 1.807) is 12.1 Å². The van der Waals surface area contributed by atoms with E-state index in [1.165, 1.54) is 12.5 Å². The van der Waals surface area contributed by atoms with Crippen LogP contribution in [0.4, 0.5) is 11.4 Å². The Morgan fingerprint density at radius 3 is 2.61 bits per heavy atom. The Bertz CT molecular complexity index is 613. The lowest BCUT2D eigenvalue weighted by Gasteiger charge is -2.29. The van der Waals surface area contributed by atoms with E-state index in [2.05, 4.69) is 17.6 Å². The monoisotopic (exact) mass is 317 g/mol. The highest BCUT2D eigenvalue weighted by molar-refractivity contribution is 5.96. The molecule has 1 aromatic rings. The number of hydrogen-bond donors (Lipinski definition) is 2. The van der Waals surface area contributed by atoms with Crippen molar-refractivity contribution in [3.05, 3.63) is 33.9 Å². The maximum Gasteiger partial charge on any atom is 0.293 e. The molecule has 2 atom stereocenters. The average Bonchev–Trinajstić information content (AvgIpc) is 3.33. The maximum absolute atomic E-state index is 12.4. The summed E-state index contributed by atoms with van der Waals surface area (Å²) in [6, 6.07) is 5.19. The van der Waals surface area contributed by atoms with Crippen LogP contribution in [0.1, 0.15) is 55.8 Å². The lowest BCUT2D eigenvalue weighted by Crippen LogP contribution is -2.41. The lowest BCUT2D eigenvalue weighted by atomic mass is 9.86. The van der Waals surface area contributed by atoms with Crippen LogP contribution >= 0.6 is 0 Å². The van der Waals surface area contributed by atoms with Crippen LogP contribution in [0.3, 0.4) is 0 Å². The molecule has 1 aromatic carbocycles. The van der Waals surface area contributed by atoms with Crippen LogP contribution in [0, 0.1) is 16.0 Å². The van der Waals surface area contributed by atoms with Gasteiger partial charge in [-0.05, 0) is 43.7 Å². The van der Waals surface area contributed by atoms with Gasteiger partial charge in [0.1, 0.15) is 5.69 Å². The first-order valence-electron chi connectivity index (χ1n) is 8.40. The predicted molar refractivity (Wildman–Crippen MR) is 88.6 cm³/mol. The summed E-state index contributed by atoms with van der Waals surface area (Å²) < 4.78 is 0. The molecule has 0 unspecified atom stereocenters. The maximum atomic E-state index is 12.4. The van der Waals surface area contributed by atoms with E-state index < -0.39 is 4.92 Å². The fourth-order valence-electron chi connectivity index (χ4n) is 3.18. The van der Waals surface area contributed by atoms with Gasteiger partial charge in [0.2, 0.25) is 0 Å². The van der Waals surface area contributed by atoms with Gasteiger partial charge in [0, 0.05) is 23.7 Å². The molecule has 6 nitrogen and oxygen atoms in total. The van der Waals surface area contributed by atoms with Crippen LogP contribution in [0.5, 0.6) is 0 Å². The Morgan fingerprint density at radius 2 is 1.96 bits per heavy atom. The molecule has 0 saturated heterocycles. The van der Waals surface area contributed by atoms with Gasteiger partial charge >= 0.3 is 0 Å². The minimum Gasteiger partial charge on any atom is -0.377 e. The molecule has 6 heteroatoms. The number of nitrogens with one attached hydrogen (secondary N) is 2. The van der Waals surface area contributed by atoms with E-state index in [0.717, 1.165) is 32.1 Å². The van der Waals surface area contributed by atoms with Gasteiger partial charge in [0.25, 0.3) is 11.6 Å². The number of amides is 1. The summed E-state index contributed by atoms with van der Waals surface area (Å²) in [6.07, 6.45) is 6.52. The molecular weight excluding hydrogens is 294 g/mol. The van der Waals surface area contributed by atoms with Crippen molar-refractivity contribution in [1.29, 1.82) is 0 Å². The number of anilines is 1. The molecule has 0 radical (unpaired) electrons. The van der Waals surface area contributed by atoms with Crippen LogP contribution < -0.4 is 10.6 Å². The highest BCUT2D eigenvalue weighted by atomic mass is 16.6. The number of nitro benzene ring substituents is 1. The predicted octanol–water partition coefficient (Wildman–Crippen LogP) is 3.48. The van der Waals surface area contributed by atoms with Gasteiger partial charge < -0.3 is 10.6 Å². The zero-order valence-corrected chi connectivity index (χ0v) is 13.4. The van der Waals surface area contributed by atoms with Crippen molar-refractivity contribution < 1.29 is 9.72 Å². The molecule has 0 aromatic heterocycles. The van der Waals surface area contributed by atoms with Crippen molar-refractivity contribution in [2.24, 2.45) is 5.92 Å². The fraction of sp³-hybridized carbons (Fsp3) is 0.588. The van der Waals surface area contributed by atoms with Crippen molar-refractivity contribution in [1.82, 2.24) is 5.32 Å². The van der Waals surface area contributed by atoms with E-state index in [-0.39, 0.29) is 17.6 Å². The molecule has 124 valence electrons. The fourth-order valence-corrected chi connectivity index (χ4v) is 3.18. The summed E-state index contributed by atoms with van der Waals surface area (Å²) in [5.41, 5.74) is 0.831. The quantitative estimate of drug-likeness (QED) is 0.643. The summed E-state index contributed by atoms with van der Waals surface area (Å²) >= 11 is 0. The molecule has 2 aliphatic carbocycles. The normalized spacial score (nSPS) is 24.0. The number of nitro groups is 1. The van der Waals surface area contributed by atoms with Crippen molar-refractivity contribution >= 4 is 17.3 Å². The first-order valence-corrected chi connectivity index (χ1v) is 8.40. The van der Waals surface area contributed by atoms with Gasteiger partial charge in [-0.25, -0.2) is 0 Å². The highest BCUT2D eigenvalue weighted by Gasteiger charge is 2.27. The second-order valence-corrected chi connectivity index (χ2v) is 6.75. The Kier molecular flexibility index (Phi) is 4.50. The summed E-state index contributed by atoms with van der Waals surface area (Å²) in [6.45, 7) is 2.15. The second-order valence-electron chi connectivity index (χ2n) is 6.75. The summed E-state index contributed by atoms with van der Waals surface area (Å²) in [5, 5.41) is 17.5. The summed E-state index contributed by atoms with van der Waals surface area (Å²) in [7, 11) is 0. The largest absolute Gasteiger partial charge is 0.377 e. The Labute approximate surface area is 135 Å². The molecule has 2 N–H and O–H groups in total. The molecule has 1 amide bonds. The first kappa shape index (κ1) is 15.8. The van der Waals surface area contributed by atoms with E-state index in [0.29, 0.717) is 23.2 Å². The molecule has 2 fully saturated rings. The molecule has 0 bridgehead atoms. The van der Waals surface area contributed by atoms with Crippen molar-refractivity contribution in [2.45, 2.75) is 57.5 Å². The minimum absolute atomic E-state index is 0.0266. The number of nitrogens with zero attached hydrogens (tertiary/aromatic N) is 1. The number of carbonyl (C=O) groups is 1. The summed E-state index contributed by atoms with van der Waals surface area (Å²) in [4.78, 5) is 23.3. The second kappa shape index (κ2) is 6.56. The highest BCUT2D eigenvalue weighted by Crippen LogP contribution is 2.32. The topological polar surface area (TPSA) is 84.3 Å². The van der Waals surface area contributed by atoms with Crippen molar-refractivity contribution in [3.8, 4) is 0 Å². The molecular formula is C17H23N3O3. The van der Waals surface area contributed by atoms with Gasteiger partial charge in [-0.2, -0.15) is 0 Å². The number of hydrogen-bond acceptors (Lipinski definition) is 4. The van der Waals surface area contributed by atoms with Crippen molar-refractivity contribution in [2.75, 3.05) is 5.32 Å². The molecule has 0 spiro atoms. The third-order valence-electron chi connectivity index (χ3n) is 4.82. The van der Waals surface area contributed by atoms with E-state index in [9.17, 15) is 14.9 Å². The van der Waals surface area contributed by atoms with Gasteiger partial charge in [-0.1, -0.05) is 19.8 Å². The summed E-state index contributed by atoms with van der Waals surface area (Å²) in [5.74, 6) is 0.239. The zero-order chi connectivity index (χ0) is 16.4. The third kappa shape index (κ3) is 3.81. The van der Waals surface area contributed by atoms with Gasteiger partial charge in [-0.3, -0.25) is 14.9 Å². The number of rotatable bonds is 5. The Balaban J connectivity index is 1.74. The van der Waals surface area contributed by atoms with Crippen LogP contribution in [0.15, 0.2) is 18.2 Å². The van der Waals surface area contributed by atoms with Crippen LogP contribution in [0.25, 0.3) is 0 Å². The zero-order valence-electron chi connectivity index (χ0n) is 13.4. The Morgan fingerprint density at radius 1 is 1.22 bits per heavy atom. The van der Waals surface area contributed by atoms with E-state index in [1.807, 2.05) is 0 Å². The smallest absolute Gasteiger partial charge is 0.293 e. The SMILES string of the molecule is C[C@@H]1CCCC[C@H]1NC(=O)c1ccc(NC2CC2)c([N+](=O)[O-])c1. The van der Waals surface area contributed by atoms with Gasteiger partial charge in [0.05, 0.1) is 4.92 Å². The van der Waals surface area contributed by atoms with E-state index >= 15 is 0 Å². The average molecular weight is 317 g/mol. The third-order valence-corrected chi connectivity index (χ3v) is 4.82. The van der Waals surface area contributed by atoms with Crippen molar-refractivity contribution in [3.63, 3.8) is 0 Å². The molecule has 0 aliphatic heterocycles. The van der Waals surface area contributed by atoms with Gasteiger partial charge in [-0.15, -0.1) is 0 Å². The minimum atomic E-state index is -0.426. The number of carbonyl (C=O) groups excluding carboxylic acids is 1. The molecule has 2 saturated carbocycles. The molecule has 2 aliphatic rings. The molecule has 3 rings (SSSR count). The molecule has 0 heterocycles. The Hall–Kier alpha value is -2.11. The lowest BCUT2D eigenvalue weighted by molar-refractivity contribution is -0.384. The number of benzene rings is 1. The van der Waals surface area contributed by atoms with Crippen LogP contribution in [-0.2, 0) is 0 Å².